The number of hydrogen-bond acceptors (Lipinski definition) is 2. The van der Waals surface area contributed by atoms with Crippen molar-refractivity contribution in [1.82, 2.24) is 5.32 Å². The van der Waals surface area contributed by atoms with Gasteiger partial charge in [-0.05, 0) is 23.8 Å². The van der Waals surface area contributed by atoms with Crippen molar-refractivity contribution >= 4 is 11.3 Å². The van der Waals surface area contributed by atoms with E-state index in [4.69, 9.17) is 0 Å². The quantitative estimate of drug-likeness (QED) is 0.710. The minimum absolute atomic E-state index is 0.152. The Labute approximate surface area is 128 Å². The molecule has 1 nitrogen and oxygen atoms in total. The molecule has 0 unspecified atom stereocenters. The fourth-order valence-electron chi connectivity index (χ4n) is 2.19. The molecule has 0 radical (unpaired) electrons. The molecule has 3 heteroatoms. The molecule has 1 aromatic heterocycles. The van der Waals surface area contributed by atoms with E-state index in [0.29, 0.717) is 12.1 Å². The molecule has 21 heavy (non-hydrogen) atoms. The highest BCUT2D eigenvalue weighted by atomic mass is 32.1. The second-order valence-electron chi connectivity index (χ2n) is 4.83. The SMILES string of the molecule is Fc1ccccc1CNCc1ccc(-c2ccccc2)s1. The molecule has 0 fully saturated rings. The van der Waals surface area contributed by atoms with E-state index in [2.05, 4.69) is 29.6 Å². The molecule has 0 saturated carbocycles. The van der Waals surface area contributed by atoms with Gasteiger partial charge >= 0.3 is 0 Å². The molecule has 106 valence electrons. The number of nitrogens with one attached hydrogen (secondary N) is 1. The number of hydrogen-bond donors (Lipinski definition) is 1. The van der Waals surface area contributed by atoms with Gasteiger partial charge in [-0.3, -0.25) is 0 Å². The van der Waals surface area contributed by atoms with Crippen LogP contribution in [0.3, 0.4) is 0 Å². The van der Waals surface area contributed by atoms with E-state index in [1.165, 1.54) is 21.4 Å². The van der Waals surface area contributed by atoms with Crippen molar-refractivity contribution in [3.8, 4) is 10.4 Å². The van der Waals surface area contributed by atoms with Gasteiger partial charge in [-0.25, -0.2) is 4.39 Å². The molecule has 1 heterocycles. The molecule has 0 amide bonds. The molecule has 0 aliphatic heterocycles. The van der Waals surface area contributed by atoms with Gasteiger partial charge < -0.3 is 5.32 Å². The molecule has 3 rings (SSSR count). The van der Waals surface area contributed by atoms with Crippen molar-refractivity contribution in [2.75, 3.05) is 0 Å². The second kappa shape index (κ2) is 6.66. The summed E-state index contributed by atoms with van der Waals surface area (Å²) in [7, 11) is 0. The van der Waals surface area contributed by atoms with Crippen LogP contribution in [0.25, 0.3) is 10.4 Å². The van der Waals surface area contributed by atoms with Gasteiger partial charge in [-0.2, -0.15) is 0 Å². The lowest BCUT2D eigenvalue weighted by molar-refractivity contribution is 0.589. The molecule has 2 aromatic carbocycles. The van der Waals surface area contributed by atoms with Gasteiger partial charge in [0, 0.05) is 28.4 Å². The molecule has 3 aromatic rings. The Hall–Kier alpha value is -1.97. The number of benzene rings is 2. The van der Waals surface area contributed by atoms with Gasteiger partial charge in [0.15, 0.2) is 0 Å². The van der Waals surface area contributed by atoms with Crippen LogP contribution in [-0.2, 0) is 13.1 Å². The van der Waals surface area contributed by atoms with E-state index in [9.17, 15) is 4.39 Å². The third-order valence-corrected chi connectivity index (χ3v) is 4.43. The average molecular weight is 297 g/mol. The zero-order chi connectivity index (χ0) is 14.5. The summed E-state index contributed by atoms with van der Waals surface area (Å²) in [6, 6.07) is 21.5. The maximum Gasteiger partial charge on any atom is 0.127 e. The number of rotatable bonds is 5. The molecular weight excluding hydrogens is 281 g/mol. The molecule has 0 bridgehead atoms. The van der Waals surface area contributed by atoms with Crippen molar-refractivity contribution in [3.05, 3.63) is 83.0 Å². The van der Waals surface area contributed by atoms with Crippen LogP contribution in [0, 0.1) is 5.82 Å². The zero-order valence-electron chi connectivity index (χ0n) is 11.6. The van der Waals surface area contributed by atoms with Crippen molar-refractivity contribution in [2.24, 2.45) is 0 Å². The first-order chi connectivity index (χ1) is 10.3. The van der Waals surface area contributed by atoms with Crippen LogP contribution >= 0.6 is 11.3 Å². The lowest BCUT2D eigenvalue weighted by Gasteiger charge is -2.04. The minimum atomic E-state index is -0.152. The van der Waals surface area contributed by atoms with Crippen LogP contribution in [0.4, 0.5) is 4.39 Å². The van der Waals surface area contributed by atoms with Crippen LogP contribution in [0.1, 0.15) is 10.4 Å². The Kier molecular flexibility index (Phi) is 4.43. The van der Waals surface area contributed by atoms with Crippen LogP contribution in [0.5, 0.6) is 0 Å². The van der Waals surface area contributed by atoms with Crippen LogP contribution in [0.15, 0.2) is 66.7 Å². The van der Waals surface area contributed by atoms with Crippen LogP contribution < -0.4 is 5.32 Å². The highest BCUT2D eigenvalue weighted by Crippen LogP contribution is 2.27. The number of thiophene rings is 1. The molecular formula is C18H16FNS. The molecule has 0 aliphatic rings. The van der Waals surface area contributed by atoms with Crippen molar-refractivity contribution in [3.63, 3.8) is 0 Å². The first kappa shape index (κ1) is 14.0. The molecule has 1 N–H and O–H groups in total. The molecule has 0 spiro atoms. The van der Waals surface area contributed by atoms with E-state index >= 15 is 0 Å². The molecule has 0 aliphatic carbocycles. The van der Waals surface area contributed by atoms with Crippen molar-refractivity contribution in [2.45, 2.75) is 13.1 Å². The molecule has 0 saturated heterocycles. The Balaban J connectivity index is 1.60. The van der Waals surface area contributed by atoms with Gasteiger partial charge in [0.1, 0.15) is 5.82 Å². The predicted molar refractivity (Wildman–Crippen MR) is 86.7 cm³/mol. The predicted octanol–water partition coefficient (Wildman–Crippen LogP) is 4.84. The van der Waals surface area contributed by atoms with E-state index in [1.54, 1.807) is 17.4 Å². The third-order valence-electron chi connectivity index (χ3n) is 3.29. The smallest absolute Gasteiger partial charge is 0.127 e. The van der Waals surface area contributed by atoms with Gasteiger partial charge in [-0.1, -0.05) is 48.5 Å². The summed E-state index contributed by atoms with van der Waals surface area (Å²) >= 11 is 1.77. The van der Waals surface area contributed by atoms with Crippen molar-refractivity contribution in [1.29, 1.82) is 0 Å². The summed E-state index contributed by atoms with van der Waals surface area (Å²) in [5.41, 5.74) is 1.94. The van der Waals surface area contributed by atoms with Crippen molar-refractivity contribution < 1.29 is 4.39 Å². The summed E-state index contributed by atoms with van der Waals surface area (Å²) in [5, 5.41) is 3.29. The van der Waals surface area contributed by atoms with E-state index in [0.717, 1.165) is 6.54 Å². The topological polar surface area (TPSA) is 12.0 Å². The highest BCUT2D eigenvalue weighted by molar-refractivity contribution is 7.15. The van der Waals surface area contributed by atoms with E-state index in [-0.39, 0.29) is 5.82 Å². The summed E-state index contributed by atoms with van der Waals surface area (Å²) in [6.07, 6.45) is 0. The summed E-state index contributed by atoms with van der Waals surface area (Å²) in [5.74, 6) is -0.152. The normalized spacial score (nSPS) is 10.7. The molecule has 0 atom stereocenters. The Morgan fingerprint density at radius 1 is 0.810 bits per heavy atom. The van der Waals surface area contributed by atoms with E-state index in [1.807, 2.05) is 30.3 Å². The summed E-state index contributed by atoms with van der Waals surface area (Å²) < 4.78 is 13.5. The summed E-state index contributed by atoms with van der Waals surface area (Å²) in [6.45, 7) is 1.30. The second-order valence-corrected chi connectivity index (χ2v) is 6.00. The Morgan fingerprint density at radius 2 is 1.57 bits per heavy atom. The fourth-order valence-corrected chi connectivity index (χ4v) is 3.18. The highest BCUT2D eigenvalue weighted by Gasteiger charge is 2.03. The third kappa shape index (κ3) is 3.57. The largest absolute Gasteiger partial charge is 0.308 e. The van der Waals surface area contributed by atoms with Crippen LogP contribution in [0.2, 0.25) is 0 Å². The zero-order valence-corrected chi connectivity index (χ0v) is 12.4. The van der Waals surface area contributed by atoms with Gasteiger partial charge in [0.2, 0.25) is 0 Å². The number of halogens is 1. The fraction of sp³-hybridized carbons (Fsp3) is 0.111. The maximum absolute atomic E-state index is 13.5. The standard InChI is InChI=1S/C18H16FNS/c19-17-9-5-4-8-15(17)12-20-13-16-10-11-18(21-16)14-6-2-1-3-7-14/h1-11,20H,12-13H2. The maximum atomic E-state index is 13.5. The Morgan fingerprint density at radius 3 is 2.38 bits per heavy atom. The minimum Gasteiger partial charge on any atom is -0.308 e. The Bertz CT molecular complexity index is 706. The lowest BCUT2D eigenvalue weighted by Crippen LogP contribution is -2.12. The lowest BCUT2D eigenvalue weighted by atomic mass is 10.2. The van der Waals surface area contributed by atoms with Gasteiger partial charge in [0.25, 0.3) is 0 Å². The van der Waals surface area contributed by atoms with Gasteiger partial charge in [-0.15, -0.1) is 11.3 Å². The van der Waals surface area contributed by atoms with Gasteiger partial charge in [0.05, 0.1) is 0 Å². The summed E-state index contributed by atoms with van der Waals surface area (Å²) in [4.78, 5) is 2.52. The monoisotopic (exact) mass is 297 g/mol. The first-order valence-electron chi connectivity index (χ1n) is 6.91. The first-order valence-corrected chi connectivity index (χ1v) is 7.73. The van der Waals surface area contributed by atoms with E-state index < -0.39 is 0 Å². The average Bonchev–Trinajstić information content (AvgIpc) is 2.99. The van der Waals surface area contributed by atoms with Crippen LogP contribution in [-0.4, -0.2) is 0 Å².